The minimum absolute atomic E-state index is 0.275. The van der Waals surface area contributed by atoms with Crippen LogP contribution in [0.5, 0.6) is 0 Å². The molecule has 1 aromatic carbocycles. The summed E-state index contributed by atoms with van der Waals surface area (Å²) in [6.45, 7) is 2.66. The van der Waals surface area contributed by atoms with Gasteiger partial charge in [-0.05, 0) is 52.5 Å². The molecule has 1 unspecified atom stereocenters. The normalized spacial score (nSPS) is 20.2. The zero-order chi connectivity index (χ0) is 13.1. The first-order valence-corrected chi connectivity index (χ1v) is 7.10. The maximum atomic E-state index is 10.7. The van der Waals surface area contributed by atoms with Crippen LogP contribution in [0, 0.1) is 5.92 Å². The second kappa shape index (κ2) is 6.04. The molecule has 1 heterocycles. The number of hydrogen-bond acceptors (Lipinski definition) is 2. The summed E-state index contributed by atoms with van der Waals surface area (Å²) in [4.78, 5) is 12.9. The highest BCUT2D eigenvalue weighted by atomic mass is 79.9. The van der Waals surface area contributed by atoms with Crippen LogP contribution in [-0.2, 0) is 11.3 Å². The van der Waals surface area contributed by atoms with Crippen LogP contribution in [-0.4, -0.2) is 29.1 Å². The average molecular weight is 333 g/mol. The topological polar surface area (TPSA) is 40.5 Å². The zero-order valence-electron chi connectivity index (χ0n) is 9.90. The van der Waals surface area contributed by atoms with Crippen molar-refractivity contribution in [2.24, 2.45) is 5.92 Å². The van der Waals surface area contributed by atoms with Gasteiger partial charge in [-0.1, -0.05) is 17.7 Å². The molecule has 3 nitrogen and oxygen atoms in total. The van der Waals surface area contributed by atoms with Gasteiger partial charge in [0.05, 0.1) is 5.02 Å². The Balaban J connectivity index is 1.91. The van der Waals surface area contributed by atoms with Gasteiger partial charge in [0, 0.05) is 24.0 Å². The fourth-order valence-electron chi connectivity index (χ4n) is 2.37. The first-order chi connectivity index (χ1) is 8.54. The molecule has 2 rings (SSSR count). The van der Waals surface area contributed by atoms with Crippen LogP contribution in [0.2, 0.25) is 5.02 Å². The highest BCUT2D eigenvalue weighted by Crippen LogP contribution is 2.26. The number of carboxylic acids is 1. The van der Waals surface area contributed by atoms with E-state index in [1.807, 2.05) is 18.2 Å². The van der Waals surface area contributed by atoms with Gasteiger partial charge in [0.2, 0.25) is 0 Å². The third-order valence-corrected chi connectivity index (χ3v) is 4.46. The SMILES string of the molecule is O=C(O)CC1CCN(Cc2ccc(Br)c(Cl)c2)C1. The van der Waals surface area contributed by atoms with Gasteiger partial charge in [-0.25, -0.2) is 0 Å². The summed E-state index contributed by atoms with van der Waals surface area (Å²) in [6.07, 6.45) is 1.24. The van der Waals surface area contributed by atoms with E-state index in [0.29, 0.717) is 5.02 Å². The van der Waals surface area contributed by atoms with Crippen molar-refractivity contribution in [3.05, 3.63) is 33.3 Å². The quantitative estimate of drug-likeness (QED) is 0.918. The molecule has 0 aliphatic carbocycles. The number of nitrogens with zero attached hydrogens (tertiary/aromatic N) is 1. The Kier molecular flexibility index (Phi) is 4.65. The summed E-state index contributed by atoms with van der Waals surface area (Å²) in [5.41, 5.74) is 1.17. The monoisotopic (exact) mass is 331 g/mol. The number of aliphatic carboxylic acids is 1. The first-order valence-electron chi connectivity index (χ1n) is 5.92. The maximum Gasteiger partial charge on any atom is 0.303 e. The van der Waals surface area contributed by atoms with Gasteiger partial charge in [0.1, 0.15) is 0 Å². The van der Waals surface area contributed by atoms with Crippen molar-refractivity contribution >= 4 is 33.5 Å². The minimum Gasteiger partial charge on any atom is -0.481 e. The highest BCUT2D eigenvalue weighted by molar-refractivity contribution is 9.10. The van der Waals surface area contributed by atoms with Crippen molar-refractivity contribution in [2.45, 2.75) is 19.4 Å². The van der Waals surface area contributed by atoms with E-state index >= 15 is 0 Å². The third kappa shape index (κ3) is 3.70. The predicted octanol–water partition coefficient (Wildman–Crippen LogP) is 3.40. The van der Waals surface area contributed by atoms with Crippen LogP contribution < -0.4 is 0 Å². The van der Waals surface area contributed by atoms with E-state index in [-0.39, 0.29) is 12.3 Å². The first kappa shape index (κ1) is 13.8. The van der Waals surface area contributed by atoms with E-state index in [4.69, 9.17) is 16.7 Å². The number of benzene rings is 1. The molecule has 98 valence electrons. The van der Waals surface area contributed by atoms with E-state index in [1.54, 1.807) is 0 Å². The summed E-state index contributed by atoms with van der Waals surface area (Å²) >= 11 is 9.42. The standard InChI is InChI=1S/C13H15BrClNO2/c14-11-2-1-9(5-12(11)15)7-16-4-3-10(8-16)6-13(17)18/h1-2,5,10H,3-4,6-8H2,(H,17,18). The maximum absolute atomic E-state index is 10.7. The molecule has 0 spiro atoms. The fraction of sp³-hybridized carbons (Fsp3) is 0.462. The molecule has 1 fully saturated rings. The average Bonchev–Trinajstić information content (AvgIpc) is 2.70. The van der Waals surface area contributed by atoms with Gasteiger partial charge in [-0.3, -0.25) is 9.69 Å². The Hall–Kier alpha value is -0.580. The number of hydrogen-bond donors (Lipinski definition) is 1. The summed E-state index contributed by atoms with van der Waals surface area (Å²) in [5, 5.41) is 9.49. The smallest absolute Gasteiger partial charge is 0.303 e. The van der Waals surface area contributed by atoms with Gasteiger partial charge < -0.3 is 5.11 Å². The Morgan fingerprint density at radius 3 is 3.00 bits per heavy atom. The van der Waals surface area contributed by atoms with Gasteiger partial charge in [0.25, 0.3) is 0 Å². The molecule has 0 aromatic heterocycles. The lowest BCUT2D eigenvalue weighted by molar-refractivity contribution is -0.138. The number of likely N-dealkylation sites (tertiary alicyclic amines) is 1. The van der Waals surface area contributed by atoms with Crippen LogP contribution in [0.1, 0.15) is 18.4 Å². The molecular weight excluding hydrogens is 318 g/mol. The summed E-state index contributed by atoms with van der Waals surface area (Å²) in [7, 11) is 0. The molecule has 0 radical (unpaired) electrons. The number of halogens is 2. The van der Waals surface area contributed by atoms with Gasteiger partial charge in [-0.2, -0.15) is 0 Å². The minimum atomic E-state index is -0.700. The lowest BCUT2D eigenvalue weighted by atomic mass is 10.1. The molecule has 0 saturated carbocycles. The molecule has 18 heavy (non-hydrogen) atoms. The van der Waals surface area contributed by atoms with E-state index in [9.17, 15) is 4.79 Å². The molecule has 1 N–H and O–H groups in total. The number of carbonyl (C=O) groups is 1. The van der Waals surface area contributed by atoms with Crippen molar-refractivity contribution in [3.8, 4) is 0 Å². The Morgan fingerprint density at radius 1 is 1.56 bits per heavy atom. The number of rotatable bonds is 4. The Bertz CT molecular complexity index is 453. The molecule has 1 aliphatic rings. The molecule has 1 aliphatic heterocycles. The molecule has 1 aromatic rings. The predicted molar refractivity (Wildman–Crippen MR) is 74.8 cm³/mol. The zero-order valence-corrected chi connectivity index (χ0v) is 12.2. The van der Waals surface area contributed by atoms with Gasteiger partial charge in [-0.15, -0.1) is 0 Å². The second-order valence-electron chi connectivity index (χ2n) is 4.74. The molecule has 1 saturated heterocycles. The van der Waals surface area contributed by atoms with Crippen LogP contribution in [0.3, 0.4) is 0 Å². The van der Waals surface area contributed by atoms with Crippen molar-refractivity contribution in [1.82, 2.24) is 4.90 Å². The lowest BCUT2D eigenvalue weighted by Gasteiger charge is -2.16. The van der Waals surface area contributed by atoms with Crippen LogP contribution >= 0.6 is 27.5 Å². The van der Waals surface area contributed by atoms with Crippen molar-refractivity contribution in [1.29, 1.82) is 0 Å². The Labute approximate surface area is 120 Å². The molecular formula is C13H15BrClNO2. The molecule has 5 heteroatoms. The lowest BCUT2D eigenvalue weighted by Crippen LogP contribution is -2.20. The van der Waals surface area contributed by atoms with E-state index < -0.39 is 5.97 Å². The van der Waals surface area contributed by atoms with Crippen molar-refractivity contribution in [3.63, 3.8) is 0 Å². The van der Waals surface area contributed by atoms with Crippen LogP contribution in [0.4, 0.5) is 0 Å². The Morgan fingerprint density at radius 2 is 2.33 bits per heavy atom. The van der Waals surface area contributed by atoms with Crippen molar-refractivity contribution < 1.29 is 9.90 Å². The number of carboxylic acid groups (broad SMARTS) is 1. The molecule has 1 atom stereocenters. The third-order valence-electron chi connectivity index (χ3n) is 3.22. The summed E-state index contributed by atoms with van der Waals surface area (Å²) < 4.78 is 0.901. The highest BCUT2D eigenvalue weighted by Gasteiger charge is 2.24. The van der Waals surface area contributed by atoms with Crippen LogP contribution in [0.15, 0.2) is 22.7 Å². The van der Waals surface area contributed by atoms with E-state index in [0.717, 1.165) is 30.5 Å². The van der Waals surface area contributed by atoms with Crippen LogP contribution in [0.25, 0.3) is 0 Å². The van der Waals surface area contributed by atoms with E-state index in [1.165, 1.54) is 5.56 Å². The van der Waals surface area contributed by atoms with E-state index in [2.05, 4.69) is 20.8 Å². The largest absolute Gasteiger partial charge is 0.481 e. The molecule has 0 amide bonds. The summed E-state index contributed by atoms with van der Waals surface area (Å²) in [5.74, 6) is -0.415. The van der Waals surface area contributed by atoms with Gasteiger partial charge >= 0.3 is 5.97 Å². The summed E-state index contributed by atoms with van der Waals surface area (Å²) in [6, 6.07) is 5.94. The second-order valence-corrected chi connectivity index (χ2v) is 6.00. The van der Waals surface area contributed by atoms with Gasteiger partial charge in [0.15, 0.2) is 0 Å². The fourth-order valence-corrected chi connectivity index (χ4v) is 2.82. The van der Waals surface area contributed by atoms with Crippen molar-refractivity contribution in [2.75, 3.05) is 13.1 Å². The molecule has 0 bridgehead atoms.